The fourth-order valence-corrected chi connectivity index (χ4v) is 6.16. The monoisotopic (exact) mass is 782 g/mol. The lowest BCUT2D eigenvalue weighted by Crippen LogP contribution is -2.31. The van der Waals surface area contributed by atoms with Gasteiger partial charge in [0, 0.05) is 37.0 Å². The van der Waals surface area contributed by atoms with Gasteiger partial charge in [-0.05, 0) is 41.7 Å². The van der Waals surface area contributed by atoms with E-state index < -0.39 is 36.5 Å². The van der Waals surface area contributed by atoms with Crippen molar-refractivity contribution in [1.82, 2.24) is 0 Å². The van der Waals surface area contributed by atoms with E-state index in [0.717, 1.165) is 49.7 Å². The molecule has 0 spiro atoms. The molecule has 0 saturated heterocycles. The van der Waals surface area contributed by atoms with Crippen LogP contribution < -0.4 is 23.7 Å². The maximum absolute atomic E-state index is 12.9. The van der Waals surface area contributed by atoms with Crippen LogP contribution in [0.15, 0.2) is 91.0 Å². The minimum Gasteiger partial charge on any atom is -0.482 e. The lowest BCUT2D eigenvalue weighted by molar-refractivity contribution is -0.135. The zero-order valence-corrected chi connectivity index (χ0v) is 32.4. The summed E-state index contributed by atoms with van der Waals surface area (Å²) in [4.78, 5) is 51.4. The molecule has 1 aliphatic rings. The van der Waals surface area contributed by atoms with Crippen LogP contribution in [0, 0.1) is 0 Å². The summed E-state index contributed by atoms with van der Waals surface area (Å²) >= 11 is 0. The van der Waals surface area contributed by atoms with Gasteiger partial charge in [-0.2, -0.15) is 0 Å². The van der Waals surface area contributed by atoms with Gasteiger partial charge in [0.2, 0.25) is 0 Å². The van der Waals surface area contributed by atoms with Gasteiger partial charge in [0.25, 0.3) is 0 Å². The van der Waals surface area contributed by atoms with Gasteiger partial charge in [-0.15, -0.1) is 0 Å². The summed E-state index contributed by atoms with van der Waals surface area (Å²) in [7, 11) is 0. The number of aliphatic hydroxyl groups excluding tert-OH is 1. The van der Waals surface area contributed by atoms with Crippen LogP contribution in [-0.2, 0) is 38.7 Å². The van der Waals surface area contributed by atoms with E-state index in [4.69, 9.17) is 33.2 Å². The zero-order valence-electron chi connectivity index (χ0n) is 32.4. The number of esters is 2. The van der Waals surface area contributed by atoms with Crippen molar-refractivity contribution in [2.24, 2.45) is 0 Å². The molecule has 0 unspecified atom stereocenters. The molecule has 1 aliphatic heterocycles. The molecule has 0 radical (unpaired) electrons. The molecule has 302 valence electrons. The fourth-order valence-electron chi connectivity index (χ4n) is 6.16. The Morgan fingerprint density at radius 3 is 1.75 bits per heavy atom. The fraction of sp³-hybridized carbons (Fsp3) is 0.378. The predicted octanol–water partition coefficient (Wildman–Crippen LogP) is 9.91. The first-order valence-corrected chi connectivity index (χ1v) is 19.6. The van der Waals surface area contributed by atoms with E-state index in [0.29, 0.717) is 24.0 Å². The van der Waals surface area contributed by atoms with Gasteiger partial charge in [-0.25, -0.2) is 9.59 Å². The summed E-state index contributed by atoms with van der Waals surface area (Å²) in [6, 6.07) is 25.3. The van der Waals surface area contributed by atoms with Gasteiger partial charge in [-0.3, -0.25) is 9.59 Å². The molecule has 5 rings (SSSR count). The van der Waals surface area contributed by atoms with Crippen molar-refractivity contribution in [3.8, 4) is 28.7 Å². The number of ether oxygens (including phenoxy) is 7. The van der Waals surface area contributed by atoms with Gasteiger partial charge >= 0.3 is 24.2 Å². The van der Waals surface area contributed by atoms with Gasteiger partial charge in [-0.1, -0.05) is 119 Å². The number of carbonyl (C=O) groups is 4. The first kappa shape index (κ1) is 42.3. The van der Waals surface area contributed by atoms with Crippen molar-refractivity contribution < 1.29 is 57.4 Å². The number of hydrogen-bond donors (Lipinski definition) is 1. The topological polar surface area (TPSA) is 153 Å². The molecule has 4 aromatic carbocycles. The molecule has 4 aromatic rings. The summed E-state index contributed by atoms with van der Waals surface area (Å²) in [5.41, 5.74) is 2.23. The van der Waals surface area contributed by atoms with E-state index in [-0.39, 0.29) is 61.2 Å². The minimum absolute atomic E-state index is 0.00304. The van der Waals surface area contributed by atoms with Crippen LogP contribution in [0.1, 0.15) is 106 Å². The summed E-state index contributed by atoms with van der Waals surface area (Å²) in [6.07, 6.45) is 3.27. The number of rotatable bonds is 19. The van der Waals surface area contributed by atoms with Crippen LogP contribution in [0.3, 0.4) is 0 Å². The van der Waals surface area contributed by atoms with Gasteiger partial charge in [0.15, 0.2) is 11.5 Å². The summed E-state index contributed by atoms with van der Waals surface area (Å²) in [5, 5.41) is 11.5. The molecule has 0 amide bonds. The van der Waals surface area contributed by atoms with Crippen molar-refractivity contribution in [1.29, 1.82) is 0 Å². The molecule has 0 fully saturated rings. The first-order chi connectivity index (χ1) is 27.7. The van der Waals surface area contributed by atoms with Gasteiger partial charge in [0.05, 0.1) is 6.10 Å². The summed E-state index contributed by atoms with van der Waals surface area (Å²) in [6.45, 7) is 4.04. The Balaban J connectivity index is 1.38. The molecule has 1 N–H and O–H groups in total. The summed E-state index contributed by atoms with van der Waals surface area (Å²) < 4.78 is 39.4. The van der Waals surface area contributed by atoms with E-state index in [9.17, 15) is 24.3 Å². The van der Waals surface area contributed by atoms with Crippen LogP contribution in [0.25, 0.3) is 0 Å². The maximum atomic E-state index is 12.9. The van der Waals surface area contributed by atoms with E-state index in [1.807, 2.05) is 24.3 Å². The highest BCUT2D eigenvalue weighted by atomic mass is 16.7. The summed E-state index contributed by atoms with van der Waals surface area (Å²) in [5.74, 6) is -0.762. The molecule has 2 atom stereocenters. The minimum atomic E-state index is -1.17. The highest BCUT2D eigenvalue weighted by Gasteiger charge is 2.34. The third-order valence-corrected chi connectivity index (χ3v) is 9.16. The number of benzene rings is 4. The highest BCUT2D eigenvalue weighted by molar-refractivity contribution is 5.75. The number of unbranched alkanes of at least 4 members (excludes halogenated alkanes) is 6. The van der Waals surface area contributed by atoms with E-state index in [2.05, 4.69) is 13.8 Å². The van der Waals surface area contributed by atoms with Gasteiger partial charge in [0.1, 0.15) is 36.6 Å². The second-order valence-corrected chi connectivity index (χ2v) is 13.7. The molecule has 1 heterocycles. The second-order valence-electron chi connectivity index (χ2n) is 13.7. The molecule has 12 heteroatoms. The van der Waals surface area contributed by atoms with Crippen molar-refractivity contribution >= 4 is 24.2 Å². The zero-order chi connectivity index (χ0) is 40.4. The lowest BCUT2D eigenvalue weighted by Gasteiger charge is -2.32. The predicted molar refractivity (Wildman–Crippen MR) is 209 cm³/mol. The SMILES string of the molecule is CCCCCCC(=O)Oc1cc(OC(=O)CCCCCC)c2c(c1)O[C@H](c1ccc(OC(=O)OCc3ccccc3)c(OC(=O)OCc3ccccc3)c1)[C@H](O)C2. The second kappa shape index (κ2) is 22.0. The van der Waals surface area contributed by atoms with Crippen LogP contribution in [0.2, 0.25) is 0 Å². The Hall–Kier alpha value is -5.88. The lowest BCUT2D eigenvalue weighted by atomic mass is 9.93. The Kier molecular flexibility index (Phi) is 16.3. The van der Waals surface area contributed by atoms with Crippen molar-refractivity contribution in [3.05, 3.63) is 113 Å². The number of carbonyl (C=O) groups excluding carboxylic acids is 4. The number of aliphatic hydroxyl groups is 1. The Morgan fingerprint density at radius 2 is 1.18 bits per heavy atom. The number of hydrogen-bond acceptors (Lipinski definition) is 12. The molecule has 0 bridgehead atoms. The van der Waals surface area contributed by atoms with Crippen molar-refractivity contribution in [3.63, 3.8) is 0 Å². The van der Waals surface area contributed by atoms with E-state index in [1.165, 1.54) is 30.3 Å². The van der Waals surface area contributed by atoms with Crippen LogP contribution in [0.5, 0.6) is 28.7 Å². The largest absolute Gasteiger partial charge is 0.514 e. The average Bonchev–Trinajstić information content (AvgIpc) is 3.21. The maximum Gasteiger partial charge on any atom is 0.514 e. The van der Waals surface area contributed by atoms with Crippen molar-refractivity contribution in [2.45, 2.75) is 110 Å². The quantitative estimate of drug-likeness (QED) is 0.0417. The molecular weight excluding hydrogens is 732 g/mol. The Morgan fingerprint density at radius 1 is 0.614 bits per heavy atom. The van der Waals surface area contributed by atoms with Gasteiger partial charge < -0.3 is 38.3 Å². The van der Waals surface area contributed by atoms with E-state index >= 15 is 0 Å². The van der Waals surface area contributed by atoms with Crippen LogP contribution >= 0.6 is 0 Å². The normalized spacial score (nSPS) is 14.4. The molecular formula is C45H50O12. The third-order valence-electron chi connectivity index (χ3n) is 9.16. The standard InChI is InChI=1S/C45H50O12/c1-3-5-7-15-21-41(47)53-34-26-38(54-42(48)22-16-8-6-4-2)35-28-36(46)43(55-39(35)27-34)33-23-24-37(56-44(49)51-29-31-17-11-9-12-18-31)40(25-33)57-45(50)52-30-32-19-13-10-14-20-32/h9-14,17-20,23-27,36,43,46H,3-8,15-16,21-22,28-30H2,1-2H3/t36-,43-/m1/s1. The molecule has 12 nitrogen and oxygen atoms in total. The Bertz CT molecular complexity index is 1930. The number of fused-ring (bicyclic) bond motifs is 1. The smallest absolute Gasteiger partial charge is 0.482 e. The molecule has 57 heavy (non-hydrogen) atoms. The van der Waals surface area contributed by atoms with Crippen LogP contribution in [-0.4, -0.2) is 35.5 Å². The third kappa shape index (κ3) is 13.4. The molecule has 0 aromatic heterocycles. The van der Waals surface area contributed by atoms with E-state index in [1.54, 1.807) is 36.4 Å². The molecule has 0 saturated carbocycles. The molecule has 0 aliphatic carbocycles. The van der Waals surface area contributed by atoms with Crippen molar-refractivity contribution in [2.75, 3.05) is 0 Å². The van der Waals surface area contributed by atoms with Crippen LogP contribution in [0.4, 0.5) is 9.59 Å². The highest BCUT2D eigenvalue weighted by Crippen LogP contribution is 2.44. The first-order valence-electron chi connectivity index (χ1n) is 19.6. The average molecular weight is 783 g/mol. The Labute approximate surface area is 332 Å².